The molecule has 0 radical (unpaired) electrons. The molecule has 0 aliphatic heterocycles. The average Bonchev–Trinajstić information content (AvgIpc) is 3.03. The van der Waals surface area contributed by atoms with Crippen LogP contribution in [0.5, 0.6) is 11.5 Å². The third-order valence-corrected chi connectivity index (χ3v) is 7.83. The Morgan fingerprint density at radius 2 is 1.64 bits per heavy atom. The molecule has 0 saturated carbocycles. The Hall–Kier alpha value is -4.73. The Kier molecular flexibility index (Phi) is 11.1. The van der Waals surface area contributed by atoms with Gasteiger partial charge in [0.15, 0.2) is 0 Å². The lowest BCUT2D eigenvalue weighted by molar-refractivity contribution is -0.115. The number of carbonyl (C=O) groups excluding carboxylic acids is 3. The highest BCUT2D eigenvalue weighted by molar-refractivity contribution is 8.00. The molecule has 0 fully saturated rings. The van der Waals surface area contributed by atoms with Gasteiger partial charge in [0.25, 0.3) is 11.8 Å². The van der Waals surface area contributed by atoms with Crippen molar-refractivity contribution in [2.24, 2.45) is 0 Å². The molecule has 4 aromatic carbocycles. The van der Waals surface area contributed by atoms with Crippen molar-refractivity contribution in [1.29, 1.82) is 0 Å². The monoisotopic (exact) mass is 629 g/mol. The second kappa shape index (κ2) is 15.1. The predicted octanol–water partition coefficient (Wildman–Crippen LogP) is 7.19. The molecule has 8 nitrogen and oxygen atoms in total. The quantitative estimate of drug-likeness (QED) is 0.120. The van der Waals surface area contributed by atoms with Gasteiger partial charge in [-0.2, -0.15) is 0 Å². The number of anilines is 2. The van der Waals surface area contributed by atoms with E-state index in [1.165, 1.54) is 24.9 Å². The summed E-state index contributed by atoms with van der Waals surface area (Å²) >= 11 is 7.43. The molecular weight excluding hydrogens is 598 g/mol. The van der Waals surface area contributed by atoms with Crippen LogP contribution in [-0.4, -0.2) is 37.2 Å². The highest BCUT2D eigenvalue weighted by Crippen LogP contribution is 2.29. The van der Waals surface area contributed by atoms with E-state index in [1.54, 1.807) is 92.9 Å². The summed E-state index contributed by atoms with van der Waals surface area (Å²) in [6, 6.07) is 26.2. The Morgan fingerprint density at radius 1 is 0.864 bits per heavy atom. The highest BCUT2D eigenvalue weighted by Gasteiger charge is 2.19. The minimum absolute atomic E-state index is 0.00464. The third-order valence-electron chi connectivity index (χ3n) is 6.50. The number of methoxy groups -OCH3 is 2. The van der Waals surface area contributed by atoms with E-state index in [9.17, 15) is 14.4 Å². The maximum Gasteiger partial charge on any atom is 0.272 e. The molecular formula is C34H32ClN3O5S. The maximum atomic E-state index is 13.6. The predicted molar refractivity (Wildman–Crippen MR) is 177 cm³/mol. The number of hydrogen-bond donors (Lipinski definition) is 3. The Bertz CT molecular complexity index is 1690. The van der Waals surface area contributed by atoms with Crippen molar-refractivity contribution in [2.45, 2.75) is 24.0 Å². The van der Waals surface area contributed by atoms with E-state index in [1.807, 2.05) is 19.1 Å². The number of halogens is 1. The normalized spacial score (nSPS) is 11.7. The van der Waals surface area contributed by atoms with Gasteiger partial charge in [0.2, 0.25) is 5.91 Å². The van der Waals surface area contributed by atoms with Crippen molar-refractivity contribution in [1.82, 2.24) is 5.32 Å². The molecule has 44 heavy (non-hydrogen) atoms. The topological polar surface area (TPSA) is 106 Å². The number of rotatable bonds is 11. The largest absolute Gasteiger partial charge is 0.497 e. The average molecular weight is 630 g/mol. The van der Waals surface area contributed by atoms with Crippen LogP contribution in [0.2, 0.25) is 5.02 Å². The lowest BCUT2D eigenvalue weighted by Crippen LogP contribution is -2.30. The van der Waals surface area contributed by atoms with E-state index in [0.717, 1.165) is 10.5 Å². The molecule has 1 atom stereocenters. The first-order valence-corrected chi connectivity index (χ1v) is 14.9. The van der Waals surface area contributed by atoms with Gasteiger partial charge in [-0.1, -0.05) is 41.9 Å². The number of benzene rings is 4. The molecule has 0 spiro atoms. The van der Waals surface area contributed by atoms with Gasteiger partial charge in [0.1, 0.15) is 17.2 Å². The lowest BCUT2D eigenvalue weighted by atomic mass is 10.1. The minimum Gasteiger partial charge on any atom is -0.497 e. The molecule has 0 aromatic heterocycles. The van der Waals surface area contributed by atoms with E-state index >= 15 is 0 Å². The number of aryl methyl sites for hydroxylation is 1. The van der Waals surface area contributed by atoms with Crippen LogP contribution in [-0.2, 0) is 9.59 Å². The van der Waals surface area contributed by atoms with E-state index in [2.05, 4.69) is 16.0 Å². The summed E-state index contributed by atoms with van der Waals surface area (Å²) in [6.07, 6.45) is 1.54. The Morgan fingerprint density at radius 3 is 2.36 bits per heavy atom. The van der Waals surface area contributed by atoms with Gasteiger partial charge in [0, 0.05) is 38.5 Å². The van der Waals surface area contributed by atoms with Crippen molar-refractivity contribution in [3.05, 3.63) is 118 Å². The molecule has 226 valence electrons. The van der Waals surface area contributed by atoms with Gasteiger partial charge in [-0.15, -0.1) is 11.8 Å². The van der Waals surface area contributed by atoms with Crippen LogP contribution in [0.3, 0.4) is 0 Å². The van der Waals surface area contributed by atoms with Crippen LogP contribution in [0, 0.1) is 6.92 Å². The van der Waals surface area contributed by atoms with Crippen molar-refractivity contribution in [2.75, 3.05) is 24.9 Å². The summed E-state index contributed by atoms with van der Waals surface area (Å²) in [5.41, 5.74) is 3.00. The van der Waals surface area contributed by atoms with E-state index in [0.29, 0.717) is 39.0 Å². The van der Waals surface area contributed by atoms with E-state index in [-0.39, 0.29) is 11.6 Å². The van der Waals surface area contributed by atoms with Gasteiger partial charge < -0.3 is 25.4 Å². The minimum atomic E-state index is -0.545. The molecule has 4 aromatic rings. The first-order valence-electron chi connectivity index (χ1n) is 13.6. The fraction of sp³-hybridized carbons (Fsp3) is 0.147. The highest BCUT2D eigenvalue weighted by atomic mass is 35.5. The van der Waals surface area contributed by atoms with Crippen LogP contribution < -0.4 is 25.4 Å². The standard InChI is InChI=1S/C34H32ClN3O5S/c1-21-13-15-25(35)18-29(21)37-32(39)22(2)44-28-12-8-11-26(19-28)36-34(41)30(38-33(40)23-9-6-5-7-10-23)17-24-14-16-27(42-3)20-31(24)43-4/h5-20,22H,1-4H3,(H,36,41)(H,37,39)(H,38,40)/b30-17+. The van der Waals surface area contributed by atoms with Crippen molar-refractivity contribution < 1.29 is 23.9 Å². The molecule has 0 aliphatic carbocycles. The third kappa shape index (κ3) is 8.65. The molecule has 10 heteroatoms. The second-order valence-corrected chi connectivity index (χ2v) is 11.5. The van der Waals surface area contributed by atoms with Crippen molar-refractivity contribution in [3.63, 3.8) is 0 Å². The zero-order valence-corrected chi connectivity index (χ0v) is 26.2. The van der Waals surface area contributed by atoms with Crippen LogP contribution >= 0.6 is 23.4 Å². The van der Waals surface area contributed by atoms with Crippen molar-refractivity contribution in [3.8, 4) is 11.5 Å². The molecule has 4 rings (SSSR count). The molecule has 0 aliphatic rings. The summed E-state index contributed by atoms with van der Waals surface area (Å²) < 4.78 is 10.8. The smallest absolute Gasteiger partial charge is 0.272 e. The number of ether oxygens (including phenoxy) is 2. The molecule has 3 amide bonds. The number of thioether (sulfide) groups is 1. The Balaban J connectivity index is 1.53. The SMILES string of the molecule is COc1ccc(/C=C(/NC(=O)c2ccccc2)C(=O)Nc2cccc(SC(C)C(=O)Nc3cc(Cl)ccc3C)c2)c(OC)c1. The van der Waals surface area contributed by atoms with Crippen LogP contribution in [0.4, 0.5) is 11.4 Å². The summed E-state index contributed by atoms with van der Waals surface area (Å²) in [6.45, 7) is 3.69. The fourth-order valence-corrected chi connectivity index (χ4v) is 5.20. The Labute approximate surface area is 265 Å². The summed E-state index contributed by atoms with van der Waals surface area (Å²) in [5, 5.41) is 8.61. The number of carbonyl (C=O) groups is 3. The first-order chi connectivity index (χ1) is 21.2. The zero-order valence-electron chi connectivity index (χ0n) is 24.6. The summed E-state index contributed by atoms with van der Waals surface area (Å²) in [7, 11) is 3.05. The van der Waals surface area contributed by atoms with Crippen LogP contribution in [0.15, 0.2) is 102 Å². The van der Waals surface area contributed by atoms with Crippen LogP contribution in [0.1, 0.15) is 28.4 Å². The van der Waals surface area contributed by atoms with Gasteiger partial charge in [-0.25, -0.2) is 0 Å². The van der Waals surface area contributed by atoms with Crippen molar-refractivity contribution >= 4 is 58.5 Å². The van der Waals surface area contributed by atoms with Gasteiger partial charge in [0.05, 0.1) is 19.5 Å². The van der Waals surface area contributed by atoms with Gasteiger partial charge >= 0.3 is 0 Å². The van der Waals surface area contributed by atoms with E-state index < -0.39 is 17.1 Å². The lowest BCUT2D eigenvalue weighted by Gasteiger charge is -2.15. The molecule has 1 unspecified atom stereocenters. The number of nitrogens with one attached hydrogen (secondary N) is 3. The van der Waals surface area contributed by atoms with Gasteiger partial charge in [-0.3, -0.25) is 14.4 Å². The maximum absolute atomic E-state index is 13.6. The molecule has 3 N–H and O–H groups in total. The second-order valence-electron chi connectivity index (χ2n) is 9.68. The summed E-state index contributed by atoms with van der Waals surface area (Å²) in [5.74, 6) is -0.132. The number of hydrogen-bond acceptors (Lipinski definition) is 6. The molecule has 0 saturated heterocycles. The van der Waals surface area contributed by atoms with Crippen LogP contribution in [0.25, 0.3) is 6.08 Å². The van der Waals surface area contributed by atoms with Gasteiger partial charge in [-0.05, 0) is 80.1 Å². The number of amides is 3. The fourth-order valence-electron chi connectivity index (χ4n) is 4.10. The first kappa shape index (κ1) is 32.2. The molecule has 0 heterocycles. The molecule has 0 bridgehead atoms. The zero-order chi connectivity index (χ0) is 31.6. The van der Waals surface area contributed by atoms with E-state index in [4.69, 9.17) is 21.1 Å². The summed E-state index contributed by atoms with van der Waals surface area (Å²) in [4.78, 5) is 40.3.